The minimum Gasteiger partial charge on any atom is -0.490 e. The predicted octanol–water partition coefficient (Wildman–Crippen LogP) is 7.78. The Labute approximate surface area is 239 Å². The predicted molar refractivity (Wildman–Crippen MR) is 158 cm³/mol. The van der Waals surface area contributed by atoms with Crippen LogP contribution in [0.15, 0.2) is 63.8 Å². The second-order valence-electron chi connectivity index (χ2n) is 10.2. The van der Waals surface area contributed by atoms with Gasteiger partial charge < -0.3 is 18.8 Å². The second kappa shape index (κ2) is 11.8. The van der Waals surface area contributed by atoms with E-state index in [2.05, 4.69) is 6.92 Å². The lowest BCUT2D eigenvalue weighted by atomic mass is 9.97. The van der Waals surface area contributed by atoms with Gasteiger partial charge in [-0.15, -0.1) is 0 Å². The summed E-state index contributed by atoms with van der Waals surface area (Å²) >= 11 is 6.51. The van der Waals surface area contributed by atoms with Crippen molar-refractivity contribution in [2.45, 2.75) is 59.5 Å². The van der Waals surface area contributed by atoms with Gasteiger partial charge in [0.2, 0.25) is 5.76 Å². The van der Waals surface area contributed by atoms with Gasteiger partial charge in [0.25, 0.3) is 5.91 Å². The Morgan fingerprint density at radius 2 is 1.70 bits per heavy atom. The topological polar surface area (TPSA) is 69.0 Å². The highest BCUT2D eigenvalue weighted by atomic mass is 35.5. The molecule has 40 heavy (non-hydrogen) atoms. The maximum Gasteiger partial charge on any atom is 0.291 e. The third-order valence-corrected chi connectivity index (χ3v) is 7.84. The van der Waals surface area contributed by atoms with Crippen LogP contribution in [0, 0.1) is 13.8 Å². The Bertz CT molecular complexity index is 1630. The molecule has 1 amide bonds. The smallest absolute Gasteiger partial charge is 0.291 e. The van der Waals surface area contributed by atoms with Crippen molar-refractivity contribution in [2.24, 2.45) is 0 Å². The minimum absolute atomic E-state index is 0.0654. The molecule has 4 aromatic rings. The first-order valence-corrected chi connectivity index (χ1v) is 14.2. The van der Waals surface area contributed by atoms with Gasteiger partial charge in [-0.3, -0.25) is 9.59 Å². The van der Waals surface area contributed by atoms with Crippen LogP contribution in [-0.2, 0) is 6.54 Å². The van der Waals surface area contributed by atoms with Crippen molar-refractivity contribution in [3.8, 4) is 11.5 Å². The summed E-state index contributed by atoms with van der Waals surface area (Å²) < 4.78 is 18.2. The molecule has 7 heteroatoms. The molecule has 3 aromatic carbocycles. The number of unbranched alkanes of at least 4 members (excludes halogenated alkanes) is 2. The molecular formula is C33H34ClNO5. The maximum absolute atomic E-state index is 14.0. The zero-order valence-electron chi connectivity index (χ0n) is 23.4. The molecule has 1 aromatic heterocycles. The van der Waals surface area contributed by atoms with Crippen LogP contribution in [0.5, 0.6) is 11.5 Å². The number of nitrogens with zero attached hydrogens (tertiary/aromatic N) is 1. The molecule has 0 saturated heterocycles. The molecule has 0 radical (unpaired) electrons. The maximum atomic E-state index is 14.0. The first kappa shape index (κ1) is 27.8. The lowest BCUT2D eigenvalue weighted by Gasteiger charge is -2.26. The van der Waals surface area contributed by atoms with Crippen molar-refractivity contribution < 1.29 is 18.7 Å². The van der Waals surface area contributed by atoms with Gasteiger partial charge in [-0.2, -0.15) is 0 Å². The molecule has 1 aliphatic heterocycles. The van der Waals surface area contributed by atoms with E-state index in [-0.39, 0.29) is 23.6 Å². The van der Waals surface area contributed by atoms with Crippen molar-refractivity contribution in [3.63, 3.8) is 0 Å². The molecule has 0 N–H and O–H groups in total. The normalized spacial score (nSPS) is 14.6. The number of ether oxygens (including phenoxy) is 2. The van der Waals surface area contributed by atoms with E-state index in [9.17, 15) is 9.59 Å². The molecule has 1 atom stereocenters. The third kappa shape index (κ3) is 5.20. The molecule has 0 spiro atoms. The average molecular weight is 560 g/mol. The average Bonchev–Trinajstić information content (AvgIpc) is 3.21. The van der Waals surface area contributed by atoms with Crippen LogP contribution in [0.1, 0.15) is 77.5 Å². The molecule has 1 aliphatic rings. The Kier molecular flexibility index (Phi) is 8.17. The first-order chi connectivity index (χ1) is 19.3. The molecule has 0 bridgehead atoms. The Morgan fingerprint density at radius 1 is 0.925 bits per heavy atom. The number of hydrogen-bond donors (Lipinski definition) is 0. The number of fused-ring (bicyclic) bond motifs is 2. The number of rotatable bonds is 10. The Morgan fingerprint density at radius 3 is 2.45 bits per heavy atom. The molecule has 2 heterocycles. The Balaban J connectivity index is 1.66. The summed E-state index contributed by atoms with van der Waals surface area (Å²) in [6.07, 6.45) is 3.14. The van der Waals surface area contributed by atoms with Gasteiger partial charge in [0.05, 0.1) is 30.2 Å². The lowest BCUT2D eigenvalue weighted by molar-refractivity contribution is 0.0714. The van der Waals surface area contributed by atoms with Gasteiger partial charge in [0.1, 0.15) is 5.58 Å². The second-order valence-corrected chi connectivity index (χ2v) is 10.6. The summed E-state index contributed by atoms with van der Waals surface area (Å²) in [4.78, 5) is 29.6. The monoisotopic (exact) mass is 559 g/mol. The van der Waals surface area contributed by atoms with E-state index in [1.165, 1.54) is 0 Å². The van der Waals surface area contributed by atoms with Crippen LogP contribution in [0.25, 0.3) is 11.0 Å². The van der Waals surface area contributed by atoms with Crippen molar-refractivity contribution >= 4 is 28.5 Å². The largest absolute Gasteiger partial charge is 0.490 e. The lowest BCUT2D eigenvalue weighted by Crippen LogP contribution is -2.29. The zero-order valence-corrected chi connectivity index (χ0v) is 24.1. The molecular weight excluding hydrogens is 526 g/mol. The number of hydrogen-bond acceptors (Lipinski definition) is 5. The number of aryl methyl sites for hydroxylation is 2. The molecule has 0 aliphatic carbocycles. The summed E-state index contributed by atoms with van der Waals surface area (Å²) in [6.45, 7) is 9.22. The van der Waals surface area contributed by atoms with E-state index in [4.69, 9.17) is 25.5 Å². The summed E-state index contributed by atoms with van der Waals surface area (Å²) in [5.74, 6) is 0.929. The number of carbonyl (C=O) groups excluding carboxylic acids is 1. The van der Waals surface area contributed by atoms with E-state index in [1.54, 1.807) is 11.0 Å². The quantitative estimate of drug-likeness (QED) is 0.186. The summed E-state index contributed by atoms with van der Waals surface area (Å²) in [6, 6.07) is 16.0. The van der Waals surface area contributed by atoms with Gasteiger partial charge in [0.15, 0.2) is 16.9 Å². The van der Waals surface area contributed by atoms with E-state index >= 15 is 0 Å². The first-order valence-electron chi connectivity index (χ1n) is 13.9. The SMILES string of the molecule is CCCCCOc1ccc(C2c3c(oc4cc(C)c(C)cc4c3=O)C(=O)N2Cc2ccccc2Cl)cc1OCC. The van der Waals surface area contributed by atoms with E-state index in [0.717, 1.165) is 41.5 Å². The number of halogens is 1. The van der Waals surface area contributed by atoms with Crippen molar-refractivity contribution in [1.82, 2.24) is 4.90 Å². The third-order valence-electron chi connectivity index (χ3n) is 7.47. The van der Waals surface area contributed by atoms with Crippen LogP contribution in [0.2, 0.25) is 5.02 Å². The summed E-state index contributed by atoms with van der Waals surface area (Å²) in [7, 11) is 0. The summed E-state index contributed by atoms with van der Waals surface area (Å²) in [5, 5.41) is 1.01. The molecule has 5 rings (SSSR count). The fraction of sp³-hybridized carbons (Fsp3) is 0.333. The van der Waals surface area contributed by atoms with E-state index < -0.39 is 6.04 Å². The highest BCUT2D eigenvalue weighted by molar-refractivity contribution is 6.31. The molecule has 0 saturated carbocycles. The fourth-order valence-corrected chi connectivity index (χ4v) is 5.41. The van der Waals surface area contributed by atoms with Gasteiger partial charge in [0, 0.05) is 11.6 Å². The van der Waals surface area contributed by atoms with Gasteiger partial charge in [-0.1, -0.05) is 55.6 Å². The highest BCUT2D eigenvalue weighted by Gasteiger charge is 2.43. The van der Waals surface area contributed by atoms with Crippen LogP contribution < -0.4 is 14.9 Å². The van der Waals surface area contributed by atoms with Crippen LogP contribution in [0.4, 0.5) is 0 Å². The van der Waals surface area contributed by atoms with Gasteiger partial charge in [-0.25, -0.2) is 0 Å². The van der Waals surface area contributed by atoms with Crippen LogP contribution in [-0.4, -0.2) is 24.0 Å². The minimum atomic E-state index is -0.686. The van der Waals surface area contributed by atoms with Gasteiger partial charge in [-0.05, 0) is 79.8 Å². The number of amides is 1. The van der Waals surface area contributed by atoms with Crippen molar-refractivity contribution in [2.75, 3.05) is 13.2 Å². The molecule has 1 unspecified atom stereocenters. The highest BCUT2D eigenvalue weighted by Crippen LogP contribution is 2.42. The van der Waals surface area contributed by atoms with Crippen molar-refractivity contribution in [1.29, 1.82) is 0 Å². The van der Waals surface area contributed by atoms with Crippen LogP contribution in [0.3, 0.4) is 0 Å². The standard InChI is InChI=1S/C33H34ClNO5/c1-5-7-10-15-39-26-14-13-22(18-28(26)38-6-2)30-29-31(36)24-16-20(3)21(4)17-27(24)40-32(29)33(37)35(30)19-23-11-8-9-12-25(23)34/h8-9,11-14,16-18,30H,5-7,10,15,19H2,1-4H3. The number of benzene rings is 3. The molecule has 6 nitrogen and oxygen atoms in total. The van der Waals surface area contributed by atoms with Gasteiger partial charge >= 0.3 is 0 Å². The Hall–Kier alpha value is -3.77. The van der Waals surface area contributed by atoms with Crippen molar-refractivity contribution in [3.05, 3.63) is 103 Å². The molecule has 0 fully saturated rings. The zero-order chi connectivity index (χ0) is 28.4. The van der Waals surface area contributed by atoms with Crippen LogP contribution >= 0.6 is 11.6 Å². The summed E-state index contributed by atoms with van der Waals surface area (Å²) in [5.41, 5.74) is 4.01. The number of carbonyl (C=O) groups is 1. The van der Waals surface area contributed by atoms with E-state index in [0.29, 0.717) is 46.3 Å². The van der Waals surface area contributed by atoms with E-state index in [1.807, 2.05) is 69.3 Å². The molecule has 208 valence electrons. The fourth-order valence-electron chi connectivity index (χ4n) is 5.21.